The molecule has 0 heterocycles. The first-order valence-corrected chi connectivity index (χ1v) is 10.7. The van der Waals surface area contributed by atoms with Gasteiger partial charge >= 0.3 is 12.1 Å². The summed E-state index contributed by atoms with van der Waals surface area (Å²) >= 11 is 12.4. The fourth-order valence-corrected chi connectivity index (χ4v) is 4.40. The molecule has 0 radical (unpaired) electrons. The van der Waals surface area contributed by atoms with Gasteiger partial charge in [-0.15, -0.1) is 0 Å². The van der Waals surface area contributed by atoms with E-state index in [1.54, 1.807) is 0 Å². The molecule has 7 nitrogen and oxygen atoms in total. The number of halogens is 2. The molecule has 2 amide bonds. The molecule has 0 aromatic heterocycles. The van der Waals surface area contributed by atoms with Crippen LogP contribution in [-0.2, 0) is 9.53 Å². The van der Waals surface area contributed by atoms with E-state index < -0.39 is 24.5 Å². The van der Waals surface area contributed by atoms with Gasteiger partial charge in [-0.25, -0.2) is 4.79 Å². The van der Waals surface area contributed by atoms with Gasteiger partial charge in [-0.1, -0.05) is 71.7 Å². The van der Waals surface area contributed by atoms with Crippen LogP contribution in [0.2, 0.25) is 10.0 Å². The minimum Gasteiger partial charge on any atom is -0.480 e. The Morgan fingerprint density at radius 1 is 0.909 bits per heavy atom. The Morgan fingerprint density at radius 2 is 1.45 bits per heavy atom. The Morgan fingerprint density at radius 3 is 2.00 bits per heavy atom. The van der Waals surface area contributed by atoms with Crippen molar-refractivity contribution in [2.24, 2.45) is 0 Å². The van der Waals surface area contributed by atoms with Crippen molar-refractivity contribution in [1.82, 2.24) is 5.32 Å². The predicted molar refractivity (Wildman–Crippen MR) is 125 cm³/mol. The molecular formula is C24H18Cl2N2O5. The number of hydrogen-bond acceptors (Lipinski definition) is 4. The number of carboxylic acid groups (broad SMARTS) is 1. The molecule has 0 saturated heterocycles. The largest absolute Gasteiger partial charge is 0.480 e. The molecule has 1 aliphatic rings. The molecule has 9 heteroatoms. The minimum atomic E-state index is -1.19. The lowest BCUT2D eigenvalue weighted by molar-refractivity contribution is -0.135. The van der Waals surface area contributed by atoms with Gasteiger partial charge in [-0.05, 0) is 34.4 Å². The smallest absolute Gasteiger partial charge is 0.411 e. The van der Waals surface area contributed by atoms with Crippen molar-refractivity contribution in [3.05, 3.63) is 87.4 Å². The van der Waals surface area contributed by atoms with E-state index in [1.165, 1.54) is 12.1 Å². The highest BCUT2D eigenvalue weighted by molar-refractivity contribution is 6.40. The lowest BCUT2D eigenvalue weighted by Gasteiger charge is -2.16. The Bertz CT molecular complexity index is 1190. The first kappa shape index (κ1) is 22.6. The maximum Gasteiger partial charge on any atom is 0.411 e. The maximum atomic E-state index is 12.5. The molecule has 33 heavy (non-hydrogen) atoms. The Hall–Kier alpha value is -3.55. The summed E-state index contributed by atoms with van der Waals surface area (Å²) in [5.41, 5.74) is 4.54. The summed E-state index contributed by atoms with van der Waals surface area (Å²) in [4.78, 5) is 35.1. The third-order valence-corrected chi connectivity index (χ3v) is 5.87. The number of nitrogens with one attached hydrogen (secondary N) is 2. The highest BCUT2D eigenvalue weighted by Gasteiger charge is 2.29. The Kier molecular flexibility index (Phi) is 6.53. The van der Waals surface area contributed by atoms with Gasteiger partial charge in [0.1, 0.15) is 13.2 Å². The molecule has 3 aromatic rings. The number of carbonyl (C=O) groups excluding carboxylic acids is 2. The van der Waals surface area contributed by atoms with Crippen LogP contribution in [0.4, 0.5) is 10.5 Å². The van der Waals surface area contributed by atoms with Crippen molar-refractivity contribution in [3.8, 4) is 11.1 Å². The van der Waals surface area contributed by atoms with E-state index in [9.17, 15) is 14.4 Å². The van der Waals surface area contributed by atoms with E-state index in [-0.39, 0.29) is 33.8 Å². The summed E-state index contributed by atoms with van der Waals surface area (Å²) in [6, 6.07) is 18.5. The fourth-order valence-electron chi connectivity index (χ4n) is 3.82. The van der Waals surface area contributed by atoms with Gasteiger partial charge in [0, 0.05) is 11.5 Å². The summed E-state index contributed by atoms with van der Waals surface area (Å²) in [7, 11) is 0. The highest BCUT2D eigenvalue weighted by atomic mass is 35.5. The monoisotopic (exact) mass is 484 g/mol. The molecule has 4 rings (SSSR count). The van der Waals surface area contributed by atoms with Crippen LogP contribution in [0.15, 0.2) is 60.7 Å². The quantitative estimate of drug-likeness (QED) is 0.447. The van der Waals surface area contributed by atoms with E-state index >= 15 is 0 Å². The van der Waals surface area contributed by atoms with Crippen LogP contribution in [0.3, 0.4) is 0 Å². The van der Waals surface area contributed by atoms with E-state index in [1.807, 2.05) is 48.5 Å². The van der Waals surface area contributed by atoms with Crippen molar-refractivity contribution in [1.29, 1.82) is 0 Å². The number of hydrogen-bond donors (Lipinski definition) is 3. The second kappa shape index (κ2) is 9.52. The Labute approximate surface area is 199 Å². The van der Waals surface area contributed by atoms with Crippen molar-refractivity contribution in [3.63, 3.8) is 0 Å². The van der Waals surface area contributed by atoms with E-state index in [2.05, 4.69) is 10.6 Å². The summed E-state index contributed by atoms with van der Waals surface area (Å²) in [5, 5.41) is 13.4. The van der Waals surface area contributed by atoms with Gasteiger partial charge in [-0.3, -0.25) is 14.9 Å². The minimum absolute atomic E-state index is 0.0106. The zero-order chi connectivity index (χ0) is 23.5. The number of carboxylic acids is 1. The molecule has 0 spiro atoms. The lowest BCUT2D eigenvalue weighted by atomic mass is 9.98. The molecule has 0 unspecified atom stereocenters. The summed E-state index contributed by atoms with van der Waals surface area (Å²) < 4.78 is 5.48. The van der Waals surface area contributed by atoms with Crippen LogP contribution in [0.5, 0.6) is 0 Å². The number of aliphatic carboxylic acids is 1. The summed E-state index contributed by atoms with van der Waals surface area (Å²) in [5.74, 6) is -1.95. The third-order valence-electron chi connectivity index (χ3n) is 5.28. The molecule has 3 N–H and O–H groups in total. The molecule has 0 bridgehead atoms. The van der Waals surface area contributed by atoms with Gasteiger partial charge in [-0.2, -0.15) is 0 Å². The zero-order valence-electron chi connectivity index (χ0n) is 17.1. The first-order chi connectivity index (χ1) is 15.8. The van der Waals surface area contributed by atoms with Crippen LogP contribution in [0, 0.1) is 0 Å². The molecule has 0 fully saturated rings. The van der Waals surface area contributed by atoms with Gasteiger partial charge < -0.3 is 15.2 Å². The fraction of sp³-hybridized carbons (Fsp3) is 0.125. The van der Waals surface area contributed by atoms with Gasteiger partial charge in [0.15, 0.2) is 0 Å². The number of ether oxygens (including phenoxy) is 1. The van der Waals surface area contributed by atoms with E-state index in [4.69, 9.17) is 33.0 Å². The number of fused-ring (bicyclic) bond motifs is 3. The van der Waals surface area contributed by atoms with Crippen molar-refractivity contribution >= 4 is 46.9 Å². The zero-order valence-corrected chi connectivity index (χ0v) is 18.6. The molecule has 3 aromatic carbocycles. The predicted octanol–water partition coefficient (Wildman–Crippen LogP) is 5.17. The first-order valence-electron chi connectivity index (χ1n) is 9.96. The van der Waals surface area contributed by atoms with E-state index in [0.717, 1.165) is 22.3 Å². The molecule has 168 valence electrons. The van der Waals surface area contributed by atoms with Crippen LogP contribution in [0.1, 0.15) is 27.4 Å². The number of benzene rings is 3. The standard InChI is InChI=1S/C24H18Cl2N2O5/c25-19-9-13(23(31)27-11-21(29)30)10-20(26)22(19)28-24(32)33-12-18-16-7-3-1-5-14(16)15-6-2-4-8-17(15)18/h1-10,18H,11-12H2,(H,27,31)(H,28,32)(H,29,30). The molecule has 0 atom stereocenters. The van der Waals surface area contributed by atoms with Gasteiger partial charge in [0.25, 0.3) is 5.91 Å². The average molecular weight is 485 g/mol. The van der Waals surface area contributed by atoms with Crippen molar-refractivity contribution in [2.75, 3.05) is 18.5 Å². The number of rotatable bonds is 6. The van der Waals surface area contributed by atoms with Crippen LogP contribution in [-0.4, -0.2) is 36.2 Å². The second-order valence-corrected chi connectivity index (χ2v) is 8.16. The summed E-state index contributed by atoms with van der Waals surface area (Å²) in [6.45, 7) is -0.432. The van der Waals surface area contributed by atoms with E-state index in [0.29, 0.717) is 0 Å². The molecule has 0 saturated carbocycles. The average Bonchev–Trinajstić information content (AvgIpc) is 3.12. The topological polar surface area (TPSA) is 105 Å². The van der Waals surface area contributed by atoms with Crippen LogP contribution < -0.4 is 10.6 Å². The highest BCUT2D eigenvalue weighted by Crippen LogP contribution is 2.44. The van der Waals surface area contributed by atoms with Gasteiger partial charge in [0.2, 0.25) is 0 Å². The lowest BCUT2D eigenvalue weighted by Crippen LogP contribution is -2.29. The SMILES string of the molecule is O=C(O)CNC(=O)c1cc(Cl)c(NC(=O)OCC2c3ccccc3-c3ccccc32)c(Cl)c1. The normalized spacial score (nSPS) is 11.9. The maximum absolute atomic E-state index is 12.5. The summed E-state index contributed by atoms with van der Waals surface area (Å²) in [6.07, 6.45) is -0.747. The number of amides is 2. The third kappa shape index (κ3) is 4.79. The number of carbonyl (C=O) groups is 3. The molecule has 1 aliphatic carbocycles. The Balaban J connectivity index is 1.45. The van der Waals surface area contributed by atoms with Crippen LogP contribution >= 0.6 is 23.2 Å². The van der Waals surface area contributed by atoms with Crippen molar-refractivity contribution in [2.45, 2.75) is 5.92 Å². The van der Waals surface area contributed by atoms with Crippen LogP contribution in [0.25, 0.3) is 11.1 Å². The van der Waals surface area contributed by atoms with Crippen molar-refractivity contribution < 1.29 is 24.2 Å². The van der Waals surface area contributed by atoms with Gasteiger partial charge in [0.05, 0.1) is 15.7 Å². The molecule has 0 aliphatic heterocycles. The number of anilines is 1. The second-order valence-electron chi connectivity index (χ2n) is 7.34. The molecular weight excluding hydrogens is 467 g/mol.